The molecule has 0 spiro atoms. The minimum atomic E-state index is -4.33. The van der Waals surface area contributed by atoms with Crippen LogP contribution in [0.1, 0.15) is 28.7 Å². The first kappa shape index (κ1) is 25.3. The lowest BCUT2D eigenvalue weighted by Crippen LogP contribution is -2.36. The number of nitrogens with zero attached hydrogens (tertiary/aromatic N) is 1. The normalized spacial score (nSPS) is 16.5. The molecule has 9 heteroatoms. The van der Waals surface area contributed by atoms with Crippen LogP contribution in [0.4, 0.5) is 13.2 Å². The molecule has 0 bridgehead atoms. The minimum Gasteiger partial charge on any atom is -0.488 e. The Balaban J connectivity index is 0.00000341. The summed E-state index contributed by atoms with van der Waals surface area (Å²) in [6.07, 6.45) is -3.40. The third-order valence-electron chi connectivity index (χ3n) is 4.82. The molecule has 0 aliphatic carbocycles. The Morgan fingerprint density at radius 1 is 1.13 bits per heavy atom. The molecule has 0 radical (unpaired) electrons. The van der Waals surface area contributed by atoms with E-state index < -0.39 is 11.7 Å². The molecule has 1 aliphatic heterocycles. The predicted molar refractivity (Wildman–Crippen MR) is 125 cm³/mol. The Morgan fingerprint density at radius 2 is 1.84 bits per heavy atom. The van der Waals surface area contributed by atoms with Crippen LogP contribution in [0.3, 0.4) is 0 Å². The van der Waals surface area contributed by atoms with Gasteiger partial charge in [0.1, 0.15) is 11.9 Å². The molecular formula is C22H27F3IN3O2. The molecule has 31 heavy (non-hydrogen) atoms. The van der Waals surface area contributed by atoms with E-state index in [0.717, 1.165) is 41.0 Å². The molecule has 0 aromatic heterocycles. The van der Waals surface area contributed by atoms with E-state index in [1.165, 1.54) is 12.1 Å². The zero-order chi connectivity index (χ0) is 21.6. The van der Waals surface area contributed by atoms with E-state index in [1.54, 1.807) is 7.05 Å². The maximum absolute atomic E-state index is 12.7. The van der Waals surface area contributed by atoms with Gasteiger partial charge in [-0.2, -0.15) is 13.2 Å². The summed E-state index contributed by atoms with van der Waals surface area (Å²) < 4.78 is 49.5. The van der Waals surface area contributed by atoms with Crippen LogP contribution < -0.4 is 15.4 Å². The lowest BCUT2D eigenvalue weighted by atomic mass is 10.1. The highest BCUT2D eigenvalue weighted by atomic mass is 127. The van der Waals surface area contributed by atoms with Crippen molar-refractivity contribution in [3.8, 4) is 5.75 Å². The van der Waals surface area contributed by atoms with Crippen LogP contribution in [0.25, 0.3) is 0 Å². The van der Waals surface area contributed by atoms with Crippen molar-refractivity contribution < 1.29 is 22.6 Å². The average molecular weight is 549 g/mol. The van der Waals surface area contributed by atoms with Crippen LogP contribution in [-0.4, -0.2) is 32.3 Å². The Kier molecular flexibility index (Phi) is 9.42. The third-order valence-corrected chi connectivity index (χ3v) is 4.82. The fourth-order valence-electron chi connectivity index (χ4n) is 3.10. The van der Waals surface area contributed by atoms with Crippen LogP contribution in [0.15, 0.2) is 47.5 Å². The van der Waals surface area contributed by atoms with Gasteiger partial charge in [-0.1, -0.05) is 24.3 Å². The lowest BCUT2D eigenvalue weighted by Gasteiger charge is -2.18. The van der Waals surface area contributed by atoms with Crippen LogP contribution in [-0.2, 0) is 24.0 Å². The van der Waals surface area contributed by atoms with Crippen molar-refractivity contribution >= 4 is 29.9 Å². The highest BCUT2D eigenvalue weighted by Gasteiger charge is 2.29. The van der Waals surface area contributed by atoms with Crippen molar-refractivity contribution in [1.29, 1.82) is 0 Å². The van der Waals surface area contributed by atoms with Gasteiger partial charge in [0, 0.05) is 32.1 Å². The zero-order valence-electron chi connectivity index (χ0n) is 17.5. The molecule has 5 nitrogen and oxygen atoms in total. The first-order chi connectivity index (χ1) is 14.3. The Labute approximate surface area is 197 Å². The Hall–Kier alpha value is -2.01. The van der Waals surface area contributed by atoms with Crippen molar-refractivity contribution in [3.63, 3.8) is 0 Å². The van der Waals surface area contributed by atoms with Gasteiger partial charge in [0.2, 0.25) is 0 Å². The number of benzene rings is 2. The molecule has 170 valence electrons. The van der Waals surface area contributed by atoms with Gasteiger partial charge in [-0.05, 0) is 36.2 Å². The van der Waals surface area contributed by atoms with Crippen LogP contribution >= 0.6 is 24.0 Å². The second-order valence-electron chi connectivity index (χ2n) is 7.19. The van der Waals surface area contributed by atoms with Crippen molar-refractivity contribution in [2.75, 3.05) is 20.3 Å². The highest BCUT2D eigenvalue weighted by molar-refractivity contribution is 14.0. The number of nitrogens with one attached hydrogen (secondary N) is 2. The molecule has 2 aromatic rings. The van der Waals surface area contributed by atoms with Gasteiger partial charge in [0.05, 0.1) is 18.8 Å². The van der Waals surface area contributed by atoms with E-state index in [9.17, 15) is 13.2 Å². The Bertz CT molecular complexity index is 867. The summed E-state index contributed by atoms with van der Waals surface area (Å²) in [5.41, 5.74) is 2.17. The fourth-order valence-corrected chi connectivity index (χ4v) is 3.10. The second kappa shape index (κ2) is 11.6. The summed E-state index contributed by atoms with van der Waals surface area (Å²) >= 11 is 0. The monoisotopic (exact) mass is 549 g/mol. The van der Waals surface area contributed by atoms with E-state index in [2.05, 4.69) is 15.6 Å². The summed E-state index contributed by atoms with van der Waals surface area (Å²) in [7, 11) is 1.64. The molecule has 1 unspecified atom stereocenters. The smallest absolute Gasteiger partial charge is 0.416 e. The molecule has 1 heterocycles. The van der Waals surface area contributed by atoms with Gasteiger partial charge in [-0.15, -0.1) is 24.0 Å². The maximum Gasteiger partial charge on any atom is 0.416 e. The minimum absolute atomic E-state index is 0. The number of rotatable bonds is 6. The number of hydrogen-bond acceptors (Lipinski definition) is 3. The molecule has 1 fully saturated rings. The van der Waals surface area contributed by atoms with Gasteiger partial charge in [0.25, 0.3) is 0 Å². The second-order valence-corrected chi connectivity index (χ2v) is 7.19. The molecule has 0 saturated carbocycles. The van der Waals surface area contributed by atoms with Crippen molar-refractivity contribution in [2.45, 2.75) is 38.7 Å². The third kappa shape index (κ3) is 7.57. The summed E-state index contributed by atoms with van der Waals surface area (Å²) in [6.45, 7) is 4.17. The SMILES string of the molecule is CN=C(NCc1ccc(C(F)(F)F)cc1)NCc1ccc(C)cc1OC1CCOC1.I. The van der Waals surface area contributed by atoms with E-state index in [4.69, 9.17) is 9.47 Å². The van der Waals surface area contributed by atoms with Gasteiger partial charge in [0.15, 0.2) is 5.96 Å². The summed E-state index contributed by atoms with van der Waals surface area (Å²) in [6, 6.07) is 11.1. The summed E-state index contributed by atoms with van der Waals surface area (Å²) in [4.78, 5) is 4.18. The molecule has 2 N–H and O–H groups in total. The van der Waals surface area contributed by atoms with Crippen LogP contribution in [0.2, 0.25) is 0 Å². The topological polar surface area (TPSA) is 54.9 Å². The summed E-state index contributed by atoms with van der Waals surface area (Å²) in [5.74, 6) is 1.36. The summed E-state index contributed by atoms with van der Waals surface area (Å²) in [5, 5.41) is 6.34. The molecule has 2 aromatic carbocycles. The van der Waals surface area contributed by atoms with Crippen LogP contribution in [0, 0.1) is 6.92 Å². The van der Waals surface area contributed by atoms with E-state index >= 15 is 0 Å². The fraction of sp³-hybridized carbons (Fsp3) is 0.409. The molecular weight excluding hydrogens is 522 g/mol. The molecule has 1 atom stereocenters. The quantitative estimate of drug-likeness (QED) is 0.313. The number of hydrogen-bond donors (Lipinski definition) is 2. The largest absolute Gasteiger partial charge is 0.488 e. The zero-order valence-corrected chi connectivity index (χ0v) is 19.8. The Morgan fingerprint density at radius 3 is 2.45 bits per heavy atom. The predicted octanol–water partition coefficient (Wildman–Crippen LogP) is 4.66. The van der Waals surface area contributed by atoms with E-state index in [-0.39, 0.29) is 30.1 Å². The van der Waals surface area contributed by atoms with Crippen molar-refractivity contribution in [3.05, 3.63) is 64.7 Å². The first-order valence-electron chi connectivity index (χ1n) is 9.80. The lowest BCUT2D eigenvalue weighted by molar-refractivity contribution is -0.137. The maximum atomic E-state index is 12.7. The average Bonchev–Trinajstić information content (AvgIpc) is 3.22. The molecule has 1 aliphatic rings. The first-order valence-corrected chi connectivity index (χ1v) is 9.80. The molecule has 0 amide bonds. The highest BCUT2D eigenvalue weighted by Crippen LogP contribution is 2.29. The number of halogens is 4. The van der Waals surface area contributed by atoms with Crippen molar-refractivity contribution in [1.82, 2.24) is 10.6 Å². The van der Waals surface area contributed by atoms with Gasteiger partial charge in [-0.25, -0.2) is 0 Å². The van der Waals surface area contributed by atoms with Crippen molar-refractivity contribution in [2.24, 2.45) is 4.99 Å². The van der Waals surface area contributed by atoms with Gasteiger partial charge < -0.3 is 20.1 Å². The molecule has 3 rings (SSSR count). The van der Waals surface area contributed by atoms with E-state index in [1.807, 2.05) is 25.1 Å². The number of aryl methyl sites for hydroxylation is 1. The number of alkyl halides is 3. The van der Waals surface area contributed by atoms with Gasteiger partial charge >= 0.3 is 6.18 Å². The number of aliphatic imine (C=N–C) groups is 1. The standard InChI is InChI=1S/C22H26F3N3O2.HI/c1-15-3-6-17(20(11-15)30-19-9-10-29-14-19)13-28-21(26-2)27-12-16-4-7-18(8-5-16)22(23,24)25;/h3-8,11,19H,9-10,12-14H2,1-2H3,(H2,26,27,28);1H. The molecule has 1 saturated heterocycles. The van der Waals surface area contributed by atoms with E-state index in [0.29, 0.717) is 32.3 Å². The van der Waals surface area contributed by atoms with Crippen LogP contribution in [0.5, 0.6) is 5.75 Å². The van der Waals surface area contributed by atoms with Gasteiger partial charge in [-0.3, -0.25) is 4.99 Å². The number of guanidine groups is 1. The number of ether oxygens (including phenoxy) is 2.